The summed E-state index contributed by atoms with van der Waals surface area (Å²) in [5.41, 5.74) is 5.67. The number of carbonyl (C=O) groups is 1. The molecule has 0 radical (unpaired) electrons. The van der Waals surface area contributed by atoms with Crippen LogP contribution in [0.3, 0.4) is 0 Å². The normalized spacial score (nSPS) is 16.2. The van der Waals surface area contributed by atoms with Crippen molar-refractivity contribution in [3.05, 3.63) is 71.5 Å². The van der Waals surface area contributed by atoms with Crippen LogP contribution in [0, 0.1) is 26.7 Å². The molecule has 1 fully saturated rings. The van der Waals surface area contributed by atoms with Crippen LogP contribution in [0.1, 0.15) is 29.8 Å². The van der Waals surface area contributed by atoms with Gasteiger partial charge in [-0.3, -0.25) is 4.79 Å². The first-order valence-corrected chi connectivity index (χ1v) is 11.4. The Labute approximate surface area is 193 Å². The van der Waals surface area contributed by atoms with Crippen LogP contribution in [-0.2, 0) is 4.79 Å². The van der Waals surface area contributed by atoms with Gasteiger partial charge in [0, 0.05) is 18.8 Å². The van der Waals surface area contributed by atoms with Gasteiger partial charge in [-0.2, -0.15) is 10.2 Å². The molecule has 0 bridgehead atoms. The molecular formula is C26H28N6O. The quantitative estimate of drug-likeness (QED) is 0.502. The molecule has 7 nitrogen and oxygen atoms in total. The summed E-state index contributed by atoms with van der Waals surface area (Å²) in [6, 6.07) is 18.0. The van der Waals surface area contributed by atoms with Crippen molar-refractivity contribution in [3.63, 3.8) is 0 Å². The van der Waals surface area contributed by atoms with E-state index in [1.807, 2.05) is 73.1 Å². The van der Waals surface area contributed by atoms with Gasteiger partial charge in [-0.15, -0.1) is 5.10 Å². The van der Waals surface area contributed by atoms with Crippen LogP contribution in [0.2, 0.25) is 0 Å². The van der Waals surface area contributed by atoms with E-state index >= 15 is 0 Å². The number of anilines is 2. The van der Waals surface area contributed by atoms with E-state index in [9.17, 15) is 4.79 Å². The molecule has 1 atom stereocenters. The Hall–Kier alpha value is -3.74. The molecule has 33 heavy (non-hydrogen) atoms. The molecule has 1 aliphatic heterocycles. The van der Waals surface area contributed by atoms with Crippen LogP contribution in [0.4, 0.5) is 11.5 Å². The first-order valence-electron chi connectivity index (χ1n) is 11.4. The number of benzene rings is 2. The topological polar surface area (TPSA) is 75.9 Å². The molecule has 7 heteroatoms. The predicted octanol–water partition coefficient (Wildman–Crippen LogP) is 4.60. The first kappa shape index (κ1) is 21.1. The van der Waals surface area contributed by atoms with Crippen molar-refractivity contribution in [2.24, 2.45) is 5.92 Å². The minimum Gasteiger partial charge on any atom is -0.352 e. The van der Waals surface area contributed by atoms with Crippen LogP contribution in [0.5, 0.6) is 0 Å². The van der Waals surface area contributed by atoms with E-state index in [-0.39, 0.29) is 11.8 Å². The van der Waals surface area contributed by atoms with Crippen molar-refractivity contribution in [1.29, 1.82) is 0 Å². The Balaban J connectivity index is 1.46. The second-order valence-corrected chi connectivity index (χ2v) is 8.75. The maximum absolute atomic E-state index is 13.1. The fourth-order valence-electron chi connectivity index (χ4n) is 4.68. The monoisotopic (exact) mass is 440 g/mol. The van der Waals surface area contributed by atoms with Crippen molar-refractivity contribution in [2.45, 2.75) is 33.6 Å². The lowest BCUT2D eigenvalue weighted by molar-refractivity contribution is -0.120. The third-order valence-corrected chi connectivity index (χ3v) is 6.48. The highest BCUT2D eigenvalue weighted by atomic mass is 16.1. The predicted molar refractivity (Wildman–Crippen MR) is 131 cm³/mol. The largest absolute Gasteiger partial charge is 0.352 e. The molecule has 1 N–H and O–H groups in total. The number of carbonyl (C=O) groups excluding carboxylic acids is 1. The molecule has 168 valence electrons. The van der Waals surface area contributed by atoms with Gasteiger partial charge < -0.3 is 10.2 Å². The van der Waals surface area contributed by atoms with E-state index in [0.29, 0.717) is 6.54 Å². The summed E-state index contributed by atoms with van der Waals surface area (Å²) in [4.78, 5) is 15.2. The van der Waals surface area contributed by atoms with Crippen molar-refractivity contribution in [1.82, 2.24) is 20.0 Å². The van der Waals surface area contributed by atoms with Crippen molar-refractivity contribution >= 4 is 28.3 Å². The van der Waals surface area contributed by atoms with Crippen LogP contribution in [0.25, 0.3) is 16.6 Å². The van der Waals surface area contributed by atoms with Gasteiger partial charge in [0.15, 0.2) is 5.82 Å². The number of nitrogens with one attached hydrogen (secondary N) is 1. The van der Waals surface area contributed by atoms with Gasteiger partial charge in [-0.25, -0.2) is 4.68 Å². The van der Waals surface area contributed by atoms with Crippen LogP contribution >= 0.6 is 0 Å². The molecule has 1 saturated heterocycles. The number of aryl methyl sites for hydroxylation is 3. The lowest BCUT2D eigenvalue weighted by atomic mass is 9.96. The summed E-state index contributed by atoms with van der Waals surface area (Å²) in [5, 5.41) is 18.1. The number of aromatic nitrogens is 4. The average molecular weight is 441 g/mol. The second-order valence-electron chi connectivity index (χ2n) is 8.75. The molecule has 1 aliphatic rings. The molecule has 2 aromatic carbocycles. The summed E-state index contributed by atoms with van der Waals surface area (Å²) in [6.07, 6.45) is 1.77. The highest BCUT2D eigenvalue weighted by Gasteiger charge is 2.29. The van der Waals surface area contributed by atoms with Crippen molar-refractivity contribution in [3.8, 4) is 5.69 Å². The van der Waals surface area contributed by atoms with Gasteiger partial charge in [0.2, 0.25) is 5.91 Å². The molecule has 0 spiro atoms. The summed E-state index contributed by atoms with van der Waals surface area (Å²) in [7, 11) is 0. The van der Waals surface area contributed by atoms with E-state index in [4.69, 9.17) is 5.10 Å². The zero-order valence-electron chi connectivity index (χ0n) is 19.2. The Kier molecular flexibility index (Phi) is 5.54. The molecule has 2 aromatic heterocycles. The average Bonchev–Trinajstić information content (AvgIpc) is 3.19. The molecule has 3 heterocycles. The maximum Gasteiger partial charge on any atom is 0.229 e. The molecule has 0 aliphatic carbocycles. The summed E-state index contributed by atoms with van der Waals surface area (Å²) >= 11 is 0. The fourth-order valence-corrected chi connectivity index (χ4v) is 4.68. The number of nitrogens with zero attached hydrogens (tertiary/aromatic N) is 5. The van der Waals surface area contributed by atoms with Crippen molar-refractivity contribution < 1.29 is 4.79 Å². The number of piperidine rings is 1. The van der Waals surface area contributed by atoms with Gasteiger partial charge >= 0.3 is 0 Å². The lowest BCUT2D eigenvalue weighted by Crippen LogP contribution is -2.41. The minimum absolute atomic E-state index is 0.0521. The molecular weight excluding hydrogens is 412 g/mol. The SMILES string of the molecule is Cc1ccccc1NC(=O)C1CCCN(c2nnc(C)c3c(C)n(-c4ccccc4)nc23)C1. The zero-order valence-corrected chi connectivity index (χ0v) is 19.2. The van der Waals surface area contributed by atoms with Gasteiger partial charge in [0.1, 0.15) is 5.52 Å². The number of amides is 1. The number of para-hydroxylation sites is 2. The summed E-state index contributed by atoms with van der Waals surface area (Å²) in [6.45, 7) is 7.47. The number of hydrogen-bond donors (Lipinski definition) is 1. The van der Waals surface area contributed by atoms with Crippen LogP contribution < -0.4 is 10.2 Å². The Morgan fingerprint density at radius 2 is 1.76 bits per heavy atom. The maximum atomic E-state index is 13.1. The Morgan fingerprint density at radius 1 is 1.00 bits per heavy atom. The number of rotatable bonds is 4. The molecule has 4 aromatic rings. The molecule has 0 saturated carbocycles. The Morgan fingerprint density at radius 3 is 2.55 bits per heavy atom. The zero-order chi connectivity index (χ0) is 22.9. The minimum atomic E-state index is -0.117. The molecule has 5 rings (SSSR count). The standard InChI is InChI=1S/C26H28N6O/c1-17-10-7-8-14-22(17)27-26(33)20-11-9-15-31(16-20)25-24-23(18(2)28-29-25)19(3)32(30-24)21-12-5-4-6-13-21/h4-8,10,12-14,20H,9,11,15-16H2,1-3H3,(H,27,33). The van der Waals surface area contributed by atoms with Crippen LogP contribution in [-0.4, -0.2) is 39.0 Å². The van der Waals surface area contributed by atoms with Gasteiger partial charge in [0.05, 0.1) is 28.4 Å². The first-order chi connectivity index (χ1) is 16.0. The smallest absolute Gasteiger partial charge is 0.229 e. The van der Waals surface area contributed by atoms with Gasteiger partial charge in [0.25, 0.3) is 0 Å². The van der Waals surface area contributed by atoms with Gasteiger partial charge in [-0.05, 0) is 57.4 Å². The van der Waals surface area contributed by atoms with E-state index in [1.54, 1.807) is 0 Å². The third-order valence-electron chi connectivity index (χ3n) is 6.48. The molecule has 1 amide bonds. The highest BCUT2D eigenvalue weighted by Crippen LogP contribution is 2.32. The fraction of sp³-hybridized carbons (Fsp3) is 0.308. The summed E-state index contributed by atoms with van der Waals surface area (Å²) < 4.78 is 1.96. The highest BCUT2D eigenvalue weighted by molar-refractivity contribution is 5.95. The van der Waals surface area contributed by atoms with E-state index in [0.717, 1.165) is 64.4 Å². The second kappa shape index (κ2) is 8.65. The number of fused-ring (bicyclic) bond motifs is 1. The third kappa shape index (κ3) is 3.95. The van der Waals surface area contributed by atoms with E-state index < -0.39 is 0 Å². The number of hydrogen-bond acceptors (Lipinski definition) is 5. The Bertz CT molecular complexity index is 1310. The summed E-state index contributed by atoms with van der Waals surface area (Å²) in [5.74, 6) is 0.687. The van der Waals surface area contributed by atoms with Gasteiger partial charge in [-0.1, -0.05) is 36.4 Å². The molecule has 1 unspecified atom stereocenters. The van der Waals surface area contributed by atoms with Crippen LogP contribution in [0.15, 0.2) is 54.6 Å². The van der Waals surface area contributed by atoms with E-state index in [1.165, 1.54) is 0 Å². The lowest BCUT2D eigenvalue weighted by Gasteiger charge is -2.32. The van der Waals surface area contributed by atoms with Crippen molar-refractivity contribution in [2.75, 3.05) is 23.3 Å². The van der Waals surface area contributed by atoms with E-state index in [2.05, 4.69) is 27.3 Å².